The largest absolute Gasteiger partial charge is 0.228 e. The van der Waals surface area contributed by atoms with Crippen LogP contribution in [0.5, 0.6) is 0 Å². The highest BCUT2D eigenvalue weighted by Gasteiger charge is 2.36. The van der Waals surface area contributed by atoms with Gasteiger partial charge < -0.3 is 0 Å². The molecule has 0 aliphatic heterocycles. The molecule has 278 valence electrons. The van der Waals surface area contributed by atoms with Gasteiger partial charge in [0.1, 0.15) is 0 Å². The summed E-state index contributed by atoms with van der Waals surface area (Å²) in [6.07, 6.45) is 0. The summed E-state index contributed by atoms with van der Waals surface area (Å²) in [6.45, 7) is 4.71. The molecule has 1 aromatic heterocycles. The van der Waals surface area contributed by atoms with Crippen molar-refractivity contribution in [3.8, 4) is 78.4 Å². The summed E-state index contributed by atoms with van der Waals surface area (Å²) in [7, 11) is 0. The van der Waals surface area contributed by atoms with Gasteiger partial charge in [0.2, 0.25) is 0 Å². The van der Waals surface area contributed by atoms with Crippen molar-refractivity contribution in [3.05, 3.63) is 217 Å². The van der Waals surface area contributed by atoms with Gasteiger partial charge in [0.05, 0.1) is 11.4 Å². The Hall–Kier alpha value is -7.42. The van der Waals surface area contributed by atoms with Crippen LogP contribution in [0, 0.1) is 0 Å². The van der Waals surface area contributed by atoms with Crippen LogP contribution < -0.4 is 0 Å². The van der Waals surface area contributed by atoms with Gasteiger partial charge in [-0.05, 0) is 108 Å². The summed E-state index contributed by atoms with van der Waals surface area (Å²) < 4.78 is 0. The SMILES string of the molecule is CC1(C)c2ccc(-c3ccc(-c4nc(-c5ccc(-c6ccccc6)cc5)cc(-c5ccc(-c6ccccc6)cc5)n4)c4ccccc34)cc2-c2cc3ccccc3cc21. The standard InChI is InChI=1S/C57H40N2/c1-57(2)52-32-29-45(34-50(52)51-33-43-17-9-10-18-44(43)35-53(51)57)46-30-31-49(48-20-12-11-19-47(46)48)56-58-54(41-25-21-39(22-26-41)37-13-5-3-6-14-37)36-55(59-56)42-27-23-40(24-28-42)38-15-7-4-8-16-38/h3-36H,1-2H3. The van der Waals surface area contributed by atoms with E-state index in [9.17, 15) is 0 Å². The Labute approximate surface area is 345 Å². The average Bonchev–Trinajstić information content (AvgIpc) is 3.52. The second-order valence-electron chi connectivity index (χ2n) is 16.2. The first-order valence-electron chi connectivity index (χ1n) is 20.4. The number of fused-ring (bicyclic) bond motifs is 5. The van der Waals surface area contributed by atoms with Crippen molar-refractivity contribution in [2.75, 3.05) is 0 Å². The zero-order chi connectivity index (χ0) is 39.5. The highest BCUT2D eigenvalue weighted by molar-refractivity contribution is 6.05. The summed E-state index contributed by atoms with van der Waals surface area (Å²) in [5, 5.41) is 4.86. The third-order valence-corrected chi connectivity index (χ3v) is 12.3. The van der Waals surface area contributed by atoms with Crippen molar-refractivity contribution in [1.29, 1.82) is 0 Å². The van der Waals surface area contributed by atoms with Gasteiger partial charge in [-0.2, -0.15) is 0 Å². The van der Waals surface area contributed by atoms with Crippen molar-refractivity contribution in [1.82, 2.24) is 9.97 Å². The van der Waals surface area contributed by atoms with Crippen LogP contribution in [-0.2, 0) is 5.41 Å². The lowest BCUT2D eigenvalue weighted by atomic mass is 9.81. The second kappa shape index (κ2) is 13.9. The molecular weight excluding hydrogens is 713 g/mol. The normalized spacial score (nSPS) is 12.7. The Morgan fingerprint density at radius 1 is 0.305 bits per heavy atom. The van der Waals surface area contributed by atoms with Gasteiger partial charge >= 0.3 is 0 Å². The Bertz CT molecular complexity index is 3100. The quantitative estimate of drug-likeness (QED) is 0.169. The van der Waals surface area contributed by atoms with Crippen molar-refractivity contribution in [3.63, 3.8) is 0 Å². The van der Waals surface area contributed by atoms with E-state index in [-0.39, 0.29) is 5.41 Å². The number of rotatable bonds is 6. The van der Waals surface area contributed by atoms with E-state index < -0.39 is 0 Å². The molecule has 0 bridgehead atoms. The number of nitrogens with zero attached hydrogens (tertiary/aromatic N) is 2. The van der Waals surface area contributed by atoms with Crippen LogP contribution >= 0.6 is 0 Å². The number of hydrogen-bond acceptors (Lipinski definition) is 2. The zero-order valence-electron chi connectivity index (χ0n) is 33.0. The predicted octanol–water partition coefficient (Wildman–Crippen LogP) is 15.1. The molecule has 0 atom stereocenters. The molecule has 0 N–H and O–H groups in total. The van der Waals surface area contributed by atoms with E-state index in [2.05, 4.69) is 220 Å². The maximum Gasteiger partial charge on any atom is 0.161 e. The van der Waals surface area contributed by atoms with Gasteiger partial charge in [0.25, 0.3) is 0 Å². The minimum absolute atomic E-state index is 0.0804. The van der Waals surface area contributed by atoms with Crippen LogP contribution in [0.1, 0.15) is 25.0 Å². The maximum atomic E-state index is 5.32. The molecule has 0 unspecified atom stereocenters. The lowest BCUT2D eigenvalue weighted by molar-refractivity contribution is 0.661. The molecule has 0 fully saturated rings. The van der Waals surface area contributed by atoms with E-state index in [1.807, 2.05) is 0 Å². The van der Waals surface area contributed by atoms with Crippen molar-refractivity contribution in [2.24, 2.45) is 0 Å². The minimum Gasteiger partial charge on any atom is -0.228 e. The van der Waals surface area contributed by atoms with Crippen molar-refractivity contribution in [2.45, 2.75) is 19.3 Å². The molecule has 0 radical (unpaired) electrons. The lowest BCUT2D eigenvalue weighted by Crippen LogP contribution is -2.14. The Morgan fingerprint density at radius 3 is 1.34 bits per heavy atom. The van der Waals surface area contributed by atoms with Crippen molar-refractivity contribution >= 4 is 21.5 Å². The smallest absolute Gasteiger partial charge is 0.161 e. The molecule has 9 aromatic carbocycles. The molecule has 10 aromatic rings. The van der Waals surface area contributed by atoms with Gasteiger partial charge in [-0.15, -0.1) is 0 Å². The Morgan fingerprint density at radius 2 is 0.746 bits per heavy atom. The average molecular weight is 753 g/mol. The number of hydrogen-bond donors (Lipinski definition) is 0. The Kier molecular flexibility index (Phi) is 8.20. The summed E-state index contributed by atoms with van der Waals surface area (Å²) in [5.41, 5.74) is 17.3. The van der Waals surface area contributed by atoms with E-state index in [1.165, 1.54) is 71.8 Å². The molecule has 0 spiro atoms. The highest BCUT2D eigenvalue weighted by atomic mass is 14.9. The van der Waals surface area contributed by atoms with Crippen LogP contribution in [0.25, 0.3) is 100.0 Å². The topological polar surface area (TPSA) is 25.8 Å². The highest BCUT2D eigenvalue weighted by Crippen LogP contribution is 2.51. The van der Waals surface area contributed by atoms with Crippen LogP contribution in [0.2, 0.25) is 0 Å². The fourth-order valence-electron chi connectivity index (χ4n) is 9.14. The molecule has 1 aliphatic rings. The summed E-state index contributed by atoms with van der Waals surface area (Å²) in [6, 6.07) is 74.3. The summed E-state index contributed by atoms with van der Waals surface area (Å²) in [5.74, 6) is 0.705. The van der Waals surface area contributed by atoms with E-state index in [0.717, 1.165) is 33.5 Å². The van der Waals surface area contributed by atoms with Crippen LogP contribution in [0.15, 0.2) is 206 Å². The lowest BCUT2D eigenvalue weighted by Gasteiger charge is -2.22. The van der Waals surface area contributed by atoms with Gasteiger partial charge in [0, 0.05) is 22.1 Å². The molecule has 2 heteroatoms. The summed E-state index contributed by atoms with van der Waals surface area (Å²) >= 11 is 0. The molecular formula is C57H40N2. The molecule has 11 rings (SSSR count). The molecule has 59 heavy (non-hydrogen) atoms. The minimum atomic E-state index is -0.0804. The van der Waals surface area contributed by atoms with Gasteiger partial charge in [-0.25, -0.2) is 9.97 Å². The zero-order valence-corrected chi connectivity index (χ0v) is 33.0. The number of aromatic nitrogens is 2. The predicted molar refractivity (Wildman–Crippen MR) is 247 cm³/mol. The second-order valence-corrected chi connectivity index (χ2v) is 16.2. The fourth-order valence-corrected chi connectivity index (χ4v) is 9.14. The molecule has 0 amide bonds. The van der Waals surface area contributed by atoms with E-state index in [1.54, 1.807) is 0 Å². The van der Waals surface area contributed by atoms with E-state index >= 15 is 0 Å². The van der Waals surface area contributed by atoms with Crippen molar-refractivity contribution < 1.29 is 0 Å². The monoisotopic (exact) mass is 752 g/mol. The maximum absolute atomic E-state index is 5.32. The van der Waals surface area contributed by atoms with E-state index in [4.69, 9.17) is 9.97 Å². The molecule has 0 saturated heterocycles. The first-order valence-corrected chi connectivity index (χ1v) is 20.4. The number of benzene rings is 9. The molecule has 1 aliphatic carbocycles. The molecule has 0 saturated carbocycles. The Balaban J connectivity index is 1.04. The fraction of sp³-hybridized carbons (Fsp3) is 0.0526. The van der Waals surface area contributed by atoms with Crippen LogP contribution in [0.3, 0.4) is 0 Å². The molecule has 2 nitrogen and oxygen atoms in total. The third-order valence-electron chi connectivity index (χ3n) is 12.3. The first kappa shape index (κ1) is 34.8. The van der Waals surface area contributed by atoms with Gasteiger partial charge in [-0.3, -0.25) is 0 Å². The molecule has 1 heterocycles. The van der Waals surface area contributed by atoms with Crippen LogP contribution in [0.4, 0.5) is 0 Å². The van der Waals surface area contributed by atoms with Crippen LogP contribution in [-0.4, -0.2) is 9.97 Å². The first-order chi connectivity index (χ1) is 29.0. The summed E-state index contributed by atoms with van der Waals surface area (Å²) in [4.78, 5) is 10.6. The van der Waals surface area contributed by atoms with Gasteiger partial charge in [0.15, 0.2) is 5.82 Å². The third kappa shape index (κ3) is 6.04. The van der Waals surface area contributed by atoms with Gasteiger partial charge in [-0.1, -0.05) is 190 Å². The van der Waals surface area contributed by atoms with E-state index in [0.29, 0.717) is 5.82 Å².